The van der Waals surface area contributed by atoms with Crippen LogP contribution in [0.15, 0.2) is 30.5 Å². The number of carboxylic acid groups (broad SMARTS) is 1. The molecule has 0 aliphatic carbocycles. The summed E-state index contributed by atoms with van der Waals surface area (Å²) in [5.74, 6) is 0.188. The molecule has 1 aromatic carbocycles. The lowest BCUT2D eigenvalue weighted by Gasteiger charge is -2.07. The number of rotatable bonds is 3. The molecule has 18 heavy (non-hydrogen) atoms. The summed E-state index contributed by atoms with van der Waals surface area (Å²) in [4.78, 5) is 15.1. The molecule has 0 atom stereocenters. The number of hydrogen-bond acceptors (Lipinski definition) is 2. The zero-order valence-corrected chi connectivity index (χ0v) is 10.7. The van der Waals surface area contributed by atoms with E-state index in [-0.39, 0.29) is 5.69 Å². The number of aromatic nitrogens is 2. The van der Waals surface area contributed by atoms with E-state index in [2.05, 4.69) is 31.0 Å². The van der Waals surface area contributed by atoms with Gasteiger partial charge in [0.2, 0.25) is 0 Å². The Kier molecular flexibility index (Phi) is 3.19. The number of aromatic carboxylic acids is 1. The third kappa shape index (κ3) is 2.14. The minimum absolute atomic E-state index is 0.193. The molecule has 94 valence electrons. The summed E-state index contributed by atoms with van der Waals surface area (Å²) in [6, 6.07) is 8.05. The van der Waals surface area contributed by atoms with Crippen LogP contribution in [0, 0.1) is 0 Å². The van der Waals surface area contributed by atoms with Crippen molar-refractivity contribution in [2.45, 2.75) is 19.8 Å². The molecule has 1 aromatic heterocycles. The highest BCUT2D eigenvalue weighted by molar-refractivity contribution is 5.86. The van der Waals surface area contributed by atoms with Gasteiger partial charge in [0, 0.05) is 12.6 Å². The fourth-order valence-electron chi connectivity index (χ4n) is 1.89. The summed E-state index contributed by atoms with van der Waals surface area (Å²) < 4.78 is 1.59. The summed E-state index contributed by atoms with van der Waals surface area (Å²) in [5, 5.41) is 8.98. The van der Waals surface area contributed by atoms with E-state index in [9.17, 15) is 4.79 Å². The molecule has 0 aliphatic rings. The molecule has 1 N–H and O–H groups in total. The summed E-state index contributed by atoms with van der Waals surface area (Å²) in [7, 11) is 1.71. The van der Waals surface area contributed by atoms with Crippen molar-refractivity contribution in [3.05, 3.63) is 41.7 Å². The summed E-state index contributed by atoms with van der Waals surface area (Å²) in [5.41, 5.74) is 2.37. The Balaban J connectivity index is 2.40. The van der Waals surface area contributed by atoms with Crippen molar-refractivity contribution in [2.75, 3.05) is 0 Å². The number of imidazole rings is 1. The van der Waals surface area contributed by atoms with Crippen LogP contribution < -0.4 is 0 Å². The molecule has 2 aromatic rings. The van der Waals surface area contributed by atoms with E-state index < -0.39 is 5.97 Å². The molecule has 4 heteroatoms. The minimum Gasteiger partial charge on any atom is -0.477 e. The van der Waals surface area contributed by atoms with Crippen LogP contribution in [0.25, 0.3) is 11.4 Å². The van der Waals surface area contributed by atoms with Crippen LogP contribution in [-0.2, 0) is 7.05 Å². The van der Waals surface area contributed by atoms with Gasteiger partial charge in [-0.3, -0.25) is 0 Å². The lowest BCUT2D eigenvalue weighted by molar-refractivity contribution is 0.0686. The zero-order valence-electron chi connectivity index (χ0n) is 10.7. The van der Waals surface area contributed by atoms with E-state index in [1.54, 1.807) is 11.6 Å². The largest absolute Gasteiger partial charge is 0.477 e. The van der Waals surface area contributed by atoms with Crippen molar-refractivity contribution >= 4 is 5.97 Å². The van der Waals surface area contributed by atoms with Crippen molar-refractivity contribution in [1.29, 1.82) is 0 Å². The fraction of sp³-hybridized carbons (Fsp3) is 0.286. The quantitative estimate of drug-likeness (QED) is 0.903. The second-order valence-electron chi connectivity index (χ2n) is 4.61. The maximum Gasteiger partial charge on any atom is 0.354 e. The van der Waals surface area contributed by atoms with Crippen LogP contribution >= 0.6 is 0 Å². The highest BCUT2D eigenvalue weighted by Gasteiger charge is 2.13. The Morgan fingerprint density at radius 3 is 2.33 bits per heavy atom. The summed E-state index contributed by atoms with van der Waals surface area (Å²) >= 11 is 0. The summed E-state index contributed by atoms with van der Waals surface area (Å²) in [6.07, 6.45) is 1.38. The smallest absolute Gasteiger partial charge is 0.354 e. The predicted octanol–water partition coefficient (Wildman–Crippen LogP) is 2.91. The lowest BCUT2D eigenvalue weighted by atomic mass is 10.0. The van der Waals surface area contributed by atoms with E-state index in [1.807, 2.05) is 12.1 Å². The topological polar surface area (TPSA) is 55.1 Å². The van der Waals surface area contributed by atoms with E-state index in [0.717, 1.165) is 5.56 Å². The number of benzene rings is 1. The summed E-state index contributed by atoms with van der Waals surface area (Å²) in [6.45, 7) is 4.27. The molecular weight excluding hydrogens is 228 g/mol. The first kappa shape index (κ1) is 12.4. The van der Waals surface area contributed by atoms with Gasteiger partial charge in [0.05, 0.1) is 6.20 Å². The van der Waals surface area contributed by atoms with Gasteiger partial charge in [-0.1, -0.05) is 38.1 Å². The van der Waals surface area contributed by atoms with Crippen LogP contribution in [0.1, 0.15) is 35.8 Å². The van der Waals surface area contributed by atoms with Crippen LogP contribution in [0.5, 0.6) is 0 Å². The van der Waals surface area contributed by atoms with Gasteiger partial charge < -0.3 is 9.67 Å². The molecular formula is C14H16N2O2. The van der Waals surface area contributed by atoms with Crippen molar-refractivity contribution in [1.82, 2.24) is 9.55 Å². The Labute approximate surface area is 106 Å². The van der Waals surface area contributed by atoms with Crippen LogP contribution in [0.4, 0.5) is 0 Å². The first-order valence-corrected chi connectivity index (χ1v) is 5.86. The molecule has 4 nitrogen and oxygen atoms in total. The molecule has 0 spiro atoms. The Morgan fingerprint density at radius 1 is 1.28 bits per heavy atom. The first-order chi connectivity index (χ1) is 8.50. The van der Waals surface area contributed by atoms with Crippen LogP contribution in [-0.4, -0.2) is 20.6 Å². The minimum atomic E-state index is -0.963. The molecule has 0 fully saturated rings. The molecule has 0 bridgehead atoms. The van der Waals surface area contributed by atoms with Crippen molar-refractivity contribution in [2.24, 2.45) is 7.05 Å². The molecule has 0 saturated heterocycles. The number of hydrogen-bond donors (Lipinski definition) is 1. The SMILES string of the molecule is CC(C)c1ccc(-c2ncc(C(=O)O)n2C)cc1. The van der Waals surface area contributed by atoms with Gasteiger partial charge in [0.1, 0.15) is 11.5 Å². The van der Waals surface area contributed by atoms with E-state index in [0.29, 0.717) is 11.7 Å². The molecule has 2 rings (SSSR count). The molecule has 0 saturated carbocycles. The first-order valence-electron chi connectivity index (χ1n) is 5.86. The highest BCUT2D eigenvalue weighted by Crippen LogP contribution is 2.22. The van der Waals surface area contributed by atoms with Crippen LogP contribution in [0.2, 0.25) is 0 Å². The Morgan fingerprint density at radius 2 is 1.89 bits per heavy atom. The van der Waals surface area contributed by atoms with Crippen molar-refractivity contribution < 1.29 is 9.90 Å². The second-order valence-corrected chi connectivity index (χ2v) is 4.61. The Bertz CT molecular complexity index is 568. The van der Waals surface area contributed by atoms with Gasteiger partial charge in [0.15, 0.2) is 0 Å². The standard InChI is InChI=1S/C14H16N2O2/c1-9(2)10-4-6-11(7-5-10)13-15-8-12(14(17)18)16(13)3/h4-9H,1-3H3,(H,17,18). The molecule has 0 radical (unpaired) electrons. The molecule has 0 amide bonds. The van der Waals surface area contributed by atoms with Gasteiger partial charge in [-0.05, 0) is 11.5 Å². The van der Waals surface area contributed by atoms with Gasteiger partial charge >= 0.3 is 5.97 Å². The van der Waals surface area contributed by atoms with E-state index in [4.69, 9.17) is 5.11 Å². The third-order valence-electron chi connectivity index (χ3n) is 3.04. The number of carboxylic acids is 1. The number of carbonyl (C=O) groups is 1. The van der Waals surface area contributed by atoms with Gasteiger partial charge in [-0.15, -0.1) is 0 Å². The predicted molar refractivity (Wildman–Crippen MR) is 69.7 cm³/mol. The van der Waals surface area contributed by atoms with E-state index >= 15 is 0 Å². The molecule has 0 unspecified atom stereocenters. The maximum absolute atomic E-state index is 10.9. The van der Waals surface area contributed by atoms with Crippen molar-refractivity contribution in [3.63, 3.8) is 0 Å². The number of nitrogens with zero attached hydrogens (tertiary/aromatic N) is 2. The van der Waals surface area contributed by atoms with Gasteiger partial charge in [-0.25, -0.2) is 9.78 Å². The molecule has 1 heterocycles. The normalized spacial score (nSPS) is 10.9. The Hall–Kier alpha value is -2.10. The third-order valence-corrected chi connectivity index (χ3v) is 3.04. The average Bonchev–Trinajstić information content (AvgIpc) is 2.71. The van der Waals surface area contributed by atoms with Gasteiger partial charge in [-0.2, -0.15) is 0 Å². The second kappa shape index (κ2) is 4.64. The van der Waals surface area contributed by atoms with Gasteiger partial charge in [0.25, 0.3) is 0 Å². The highest BCUT2D eigenvalue weighted by atomic mass is 16.4. The van der Waals surface area contributed by atoms with Crippen molar-refractivity contribution in [3.8, 4) is 11.4 Å². The maximum atomic E-state index is 10.9. The van der Waals surface area contributed by atoms with E-state index in [1.165, 1.54) is 11.8 Å². The monoisotopic (exact) mass is 244 g/mol. The fourth-order valence-corrected chi connectivity index (χ4v) is 1.89. The average molecular weight is 244 g/mol. The van der Waals surface area contributed by atoms with Crippen LogP contribution in [0.3, 0.4) is 0 Å². The zero-order chi connectivity index (χ0) is 13.3. The molecule has 0 aliphatic heterocycles. The lowest BCUT2D eigenvalue weighted by Crippen LogP contribution is -2.05.